The number of halogens is 2. The molecule has 10 heteroatoms. The average molecular weight is 603 g/mol. The summed E-state index contributed by atoms with van der Waals surface area (Å²) in [4.78, 5) is 28.7. The van der Waals surface area contributed by atoms with E-state index in [9.17, 15) is 18.0 Å². The van der Waals surface area contributed by atoms with Crippen molar-refractivity contribution in [3.63, 3.8) is 0 Å². The van der Waals surface area contributed by atoms with Gasteiger partial charge in [-0.15, -0.1) is 0 Å². The van der Waals surface area contributed by atoms with Gasteiger partial charge in [0.05, 0.1) is 10.6 Å². The molecule has 0 spiro atoms. The first-order valence-electron chi connectivity index (χ1n) is 13.2. The molecule has 2 amide bonds. The lowest BCUT2D eigenvalue weighted by Crippen LogP contribution is -2.52. The number of nitrogens with zero attached hydrogens (tertiary/aromatic N) is 2. The molecule has 40 heavy (non-hydrogen) atoms. The summed E-state index contributed by atoms with van der Waals surface area (Å²) in [6.45, 7) is 3.25. The zero-order valence-electron chi connectivity index (χ0n) is 22.5. The maximum absolute atomic E-state index is 14.0. The van der Waals surface area contributed by atoms with E-state index in [0.717, 1.165) is 41.1 Å². The smallest absolute Gasteiger partial charge is 0.264 e. The second-order valence-corrected chi connectivity index (χ2v) is 12.9. The molecular weight excluding hydrogens is 569 g/mol. The van der Waals surface area contributed by atoms with E-state index in [2.05, 4.69) is 5.32 Å². The highest BCUT2D eigenvalue weighted by molar-refractivity contribution is 7.92. The minimum absolute atomic E-state index is 0.0261. The Kier molecular flexibility index (Phi) is 9.77. The first-order chi connectivity index (χ1) is 19.0. The third-order valence-corrected chi connectivity index (χ3v) is 9.39. The Hall–Kier alpha value is -3.07. The van der Waals surface area contributed by atoms with Crippen LogP contribution >= 0.6 is 23.2 Å². The predicted molar refractivity (Wildman–Crippen MR) is 159 cm³/mol. The van der Waals surface area contributed by atoms with Crippen LogP contribution in [0.15, 0.2) is 77.7 Å². The number of hydrogen-bond acceptors (Lipinski definition) is 4. The van der Waals surface area contributed by atoms with Gasteiger partial charge >= 0.3 is 0 Å². The van der Waals surface area contributed by atoms with Gasteiger partial charge in [-0.1, -0.05) is 71.9 Å². The van der Waals surface area contributed by atoms with Gasteiger partial charge in [-0.3, -0.25) is 13.9 Å². The molecule has 1 atom stereocenters. The Balaban J connectivity index is 1.68. The van der Waals surface area contributed by atoms with Crippen molar-refractivity contribution < 1.29 is 18.0 Å². The number of nitrogens with one attached hydrogen (secondary N) is 1. The average Bonchev–Trinajstić information content (AvgIpc) is 3.44. The number of carbonyl (C=O) groups is 2. The number of sulfonamides is 1. The summed E-state index contributed by atoms with van der Waals surface area (Å²) in [6, 6.07) is 19.0. The summed E-state index contributed by atoms with van der Waals surface area (Å²) in [5.74, 6) is -0.783. The topological polar surface area (TPSA) is 86.8 Å². The minimum Gasteiger partial charge on any atom is -0.352 e. The Labute approximate surface area is 246 Å². The summed E-state index contributed by atoms with van der Waals surface area (Å²) in [5.41, 5.74) is 2.12. The Morgan fingerprint density at radius 1 is 0.950 bits per heavy atom. The molecule has 0 bridgehead atoms. The van der Waals surface area contributed by atoms with Crippen LogP contribution in [-0.4, -0.2) is 43.8 Å². The molecule has 0 aliphatic heterocycles. The fourth-order valence-corrected chi connectivity index (χ4v) is 6.48. The van der Waals surface area contributed by atoms with Crippen LogP contribution < -0.4 is 9.62 Å². The predicted octanol–water partition coefficient (Wildman–Crippen LogP) is 5.97. The van der Waals surface area contributed by atoms with Gasteiger partial charge in [0.15, 0.2) is 0 Å². The van der Waals surface area contributed by atoms with Crippen molar-refractivity contribution in [1.82, 2.24) is 10.2 Å². The molecule has 3 aromatic carbocycles. The van der Waals surface area contributed by atoms with Gasteiger partial charge in [-0.05, 0) is 74.7 Å². The monoisotopic (exact) mass is 601 g/mol. The van der Waals surface area contributed by atoms with E-state index in [1.165, 1.54) is 35.2 Å². The molecule has 0 unspecified atom stereocenters. The first-order valence-corrected chi connectivity index (χ1v) is 15.4. The van der Waals surface area contributed by atoms with Crippen LogP contribution in [0.25, 0.3) is 0 Å². The zero-order chi connectivity index (χ0) is 28.9. The van der Waals surface area contributed by atoms with Crippen LogP contribution in [0.4, 0.5) is 5.69 Å². The van der Waals surface area contributed by atoms with Crippen LogP contribution in [0, 0.1) is 6.92 Å². The zero-order valence-corrected chi connectivity index (χ0v) is 24.8. The number of benzene rings is 3. The molecule has 0 radical (unpaired) electrons. The molecule has 1 N–H and O–H groups in total. The van der Waals surface area contributed by atoms with Crippen molar-refractivity contribution in [2.75, 3.05) is 10.8 Å². The lowest BCUT2D eigenvalue weighted by Gasteiger charge is -2.32. The molecule has 7 nitrogen and oxygen atoms in total. The van der Waals surface area contributed by atoms with Gasteiger partial charge in [0, 0.05) is 22.6 Å². The van der Waals surface area contributed by atoms with Crippen LogP contribution in [0.5, 0.6) is 0 Å². The summed E-state index contributed by atoms with van der Waals surface area (Å²) < 4.78 is 28.7. The molecule has 0 aromatic heterocycles. The van der Waals surface area contributed by atoms with Crippen molar-refractivity contribution in [2.24, 2.45) is 0 Å². The van der Waals surface area contributed by atoms with Gasteiger partial charge in [0.25, 0.3) is 10.0 Å². The third-order valence-electron chi connectivity index (χ3n) is 7.12. The van der Waals surface area contributed by atoms with Crippen LogP contribution in [-0.2, 0) is 26.2 Å². The second kappa shape index (κ2) is 13.1. The number of hydrogen-bond donors (Lipinski definition) is 1. The third kappa shape index (κ3) is 7.36. The van der Waals surface area contributed by atoms with Crippen LogP contribution in [0.3, 0.4) is 0 Å². The Morgan fingerprint density at radius 3 is 2.23 bits per heavy atom. The molecule has 1 saturated carbocycles. The number of anilines is 1. The number of carbonyl (C=O) groups excluding carboxylic acids is 2. The lowest BCUT2D eigenvalue weighted by molar-refractivity contribution is -0.139. The SMILES string of the molecule is Cc1ccc(CN(C(=O)CN(c2cccc(Cl)c2)S(=O)(=O)c2ccc(Cl)cc2)[C@@H](C)C(=O)NC2CCCC2)cc1. The maximum atomic E-state index is 14.0. The van der Waals surface area contributed by atoms with Crippen LogP contribution in [0.2, 0.25) is 10.0 Å². The standard InChI is InChI=1S/C30H33Cl2N3O4S/c1-21-10-12-23(13-11-21)19-34(22(2)30(37)33-26-7-3-4-8-26)29(36)20-35(27-9-5-6-25(32)18-27)40(38,39)28-16-14-24(31)15-17-28/h5-6,9-18,22,26H,3-4,7-8,19-20H2,1-2H3,(H,33,37)/t22-/m0/s1. The molecule has 212 valence electrons. The van der Waals surface area contributed by atoms with Gasteiger partial charge in [0.1, 0.15) is 12.6 Å². The van der Waals surface area contributed by atoms with Gasteiger partial charge < -0.3 is 10.2 Å². The second-order valence-electron chi connectivity index (χ2n) is 10.1. The molecule has 1 aliphatic rings. The summed E-state index contributed by atoms with van der Waals surface area (Å²) in [6.07, 6.45) is 3.93. The highest BCUT2D eigenvalue weighted by atomic mass is 35.5. The molecule has 4 rings (SSSR count). The van der Waals surface area contributed by atoms with E-state index in [-0.39, 0.29) is 29.1 Å². The fraction of sp³-hybridized carbons (Fsp3) is 0.333. The van der Waals surface area contributed by atoms with Crippen molar-refractivity contribution in [3.8, 4) is 0 Å². The van der Waals surface area contributed by atoms with E-state index < -0.39 is 28.5 Å². The van der Waals surface area contributed by atoms with Crippen molar-refractivity contribution in [2.45, 2.75) is 63.1 Å². The maximum Gasteiger partial charge on any atom is 0.264 e. The normalized spacial score (nSPS) is 14.5. The molecule has 1 fully saturated rings. The summed E-state index contributed by atoms with van der Waals surface area (Å²) in [7, 11) is -4.19. The Bertz CT molecular complexity index is 1440. The number of aryl methyl sites for hydroxylation is 1. The van der Waals surface area contributed by atoms with Crippen LogP contribution in [0.1, 0.15) is 43.7 Å². The van der Waals surface area contributed by atoms with Gasteiger partial charge in [-0.25, -0.2) is 8.42 Å². The highest BCUT2D eigenvalue weighted by Crippen LogP contribution is 2.28. The minimum atomic E-state index is -4.19. The molecule has 3 aromatic rings. The van der Waals surface area contributed by atoms with E-state index in [1.807, 2.05) is 31.2 Å². The van der Waals surface area contributed by atoms with E-state index in [4.69, 9.17) is 23.2 Å². The Morgan fingerprint density at radius 2 is 1.60 bits per heavy atom. The van der Waals surface area contributed by atoms with Crippen molar-refractivity contribution in [3.05, 3.63) is 94.0 Å². The van der Waals surface area contributed by atoms with E-state index in [0.29, 0.717) is 10.0 Å². The molecule has 1 aliphatic carbocycles. The van der Waals surface area contributed by atoms with Gasteiger partial charge in [0.2, 0.25) is 11.8 Å². The molecule has 0 heterocycles. The van der Waals surface area contributed by atoms with Crippen molar-refractivity contribution >= 4 is 50.7 Å². The highest BCUT2D eigenvalue weighted by Gasteiger charge is 2.33. The van der Waals surface area contributed by atoms with Gasteiger partial charge in [-0.2, -0.15) is 0 Å². The number of amides is 2. The summed E-state index contributed by atoms with van der Waals surface area (Å²) >= 11 is 12.2. The summed E-state index contributed by atoms with van der Waals surface area (Å²) in [5, 5.41) is 3.77. The molecular formula is C30H33Cl2N3O4S. The van der Waals surface area contributed by atoms with Crippen molar-refractivity contribution in [1.29, 1.82) is 0 Å². The number of rotatable bonds is 10. The fourth-order valence-electron chi connectivity index (χ4n) is 4.76. The van der Waals surface area contributed by atoms with E-state index in [1.54, 1.807) is 25.1 Å². The molecule has 0 saturated heterocycles. The lowest BCUT2D eigenvalue weighted by atomic mass is 10.1. The first kappa shape index (κ1) is 29.9. The largest absolute Gasteiger partial charge is 0.352 e. The van der Waals surface area contributed by atoms with E-state index >= 15 is 0 Å². The quantitative estimate of drug-likeness (QED) is 0.310.